The minimum absolute atomic E-state index is 0.0593. The lowest BCUT2D eigenvalue weighted by Crippen LogP contribution is -2.13. The number of ether oxygens (including phenoxy) is 1. The van der Waals surface area contributed by atoms with E-state index in [4.69, 9.17) is 4.74 Å². The minimum atomic E-state index is -0.584. The smallest absolute Gasteiger partial charge is 0.306 e. The number of esters is 1. The van der Waals surface area contributed by atoms with E-state index in [1.165, 1.54) is 96.3 Å². The van der Waals surface area contributed by atoms with E-state index in [9.17, 15) is 14.7 Å². The van der Waals surface area contributed by atoms with E-state index in [0.29, 0.717) is 13.0 Å². The van der Waals surface area contributed by atoms with Crippen molar-refractivity contribution in [2.24, 2.45) is 5.92 Å². The Hall–Kier alpha value is -1.06. The first-order chi connectivity index (χ1) is 17.5. The summed E-state index contributed by atoms with van der Waals surface area (Å²) in [5, 5.41) is 9.23. The van der Waals surface area contributed by atoms with Gasteiger partial charge in [0.15, 0.2) is 0 Å². The molecule has 0 amide bonds. The summed E-state index contributed by atoms with van der Waals surface area (Å²) in [5.41, 5.74) is 0. The first-order valence-electron chi connectivity index (χ1n) is 15.9. The lowest BCUT2D eigenvalue weighted by molar-refractivity contribution is -0.143. The fraction of sp³-hybridized carbons (Fsp3) is 0.938. The highest BCUT2D eigenvalue weighted by Crippen LogP contribution is 2.19. The molecule has 0 aliphatic rings. The zero-order valence-corrected chi connectivity index (χ0v) is 24.9. The fourth-order valence-corrected chi connectivity index (χ4v) is 4.53. The Morgan fingerprint density at radius 3 is 1.28 bits per heavy atom. The molecule has 0 saturated carbocycles. The van der Waals surface area contributed by atoms with Gasteiger partial charge in [0, 0.05) is 6.42 Å². The number of carbonyl (C=O) groups is 2. The molecule has 0 spiro atoms. The fourth-order valence-electron chi connectivity index (χ4n) is 4.53. The molecule has 4 heteroatoms. The third-order valence-corrected chi connectivity index (χ3v) is 6.95. The quantitative estimate of drug-likeness (QED) is 0.0924. The molecule has 4 nitrogen and oxygen atoms in total. The molecule has 0 bridgehead atoms. The van der Waals surface area contributed by atoms with Crippen molar-refractivity contribution < 1.29 is 19.4 Å². The summed E-state index contributed by atoms with van der Waals surface area (Å²) in [6.45, 7) is 8.87. The van der Waals surface area contributed by atoms with E-state index in [1.54, 1.807) is 0 Å². The van der Waals surface area contributed by atoms with E-state index in [-0.39, 0.29) is 11.9 Å². The SMILES string of the molecule is CCCCCC(=O)OCC.CCCCCCCCCCCCCCCCCCC(CCCC)C(=O)O. The average Bonchev–Trinajstić information content (AvgIpc) is 2.86. The Morgan fingerprint density at radius 1 is 0.528 bits per heavy atom. The van der Waals surface area contributed by atoms with Crippen molar-refractivity contribution >= 4 is 11.9 Å². The average molecular weight is 513 g/mol. The molecule has 0 aromatic carbocycles. The second-order valence-corrected chi connectivity index (χ2v) is 10.5. The normalized spacial score (nSPS) is 11.6. The number of rotatable bonds is 26. The molecule has 1 unspecified atom stereocenters. The number of carboxylic acids is 1. The maximum atomic E-state index is 11.2. The molecule has 0 saturated heterocycles. The monoisotopic (exact) mass is 512 g/mol. The van der Waals surface area contributed by atoms with Gasteiger partial charge in [0.05, 0.1) is 12.5 Å². The number of hydrogen-bond acceptors (Lipinski definition) is 3. The van der Waals surface area contributed by atoms with Crippen molar-refractivity contribution in [1.29, 1.82) is 0 Å². The highest BCUT2D eigenvalue weighted by molar-refractivity contribution is 5.69. The number of carboxylic acid groups (broad SMARTS) is 1. The van der Waals surface area contributed by atoms with E-state index in [2.05, 4.69) is 20.8 Å². The van der Waals surface area contributed by atoms with Crippen LogP contribution >= 0.6 is 0 Å². The van der Waals surface area contributed by atoms with Crippen LogP contribution in [0.15, 0.2) is 0 Å². The summed E-state index contributed by atoms with van der Waals surface area (Å²) in [7, 11) is 0. The van der Waals surface area contributed by atoms with Crippen LogP contribution in [-0.4, -0.2) is 23.7 Å². The number of carbonyl (C=O) groups excluding carboxylic acids is 1. The van der Waals surface area contributed by atoms with Gasteiger partial charge in [0.25, 0.3) is 0 Å². The Kier molecular flexibility index (Phi) is 32.9. The summed E-state index contributed by atoms with van der Waals surface area (Å²) < 4.78 is 4.75. The van der Waals surface area contributed by atoms with Crippen LogP contribution in [0.3, 0.4) is 0 Å². The van der Waals surface area contributed by atoms with Crippen LogP contribution in [-0.2, 0) is 14.3 Å². The molecule has 0 aromatic rings. The highest BCUT2D eigenvalue weighted by atomic mass is 16.5. The number of hydrogen-bond donors (Lipinski definition) is 1. The predicted molar refractivity (Wildman–Crippen MR) is 156 cm³/mol. The van der Waals surface area contributed by atoms with Crippen molar-refractivity contribution in [1.82, 2.24) is 0 Å². The molecule has 0 aliphatic carbocycles. The van der Waals surface area contributed by atoms with Gasteiger partial charge in [-0.25, -0.2) is 0 Å². The topological polar surface area (TPSA) is 63.6 Å². The van der Waals surface area contributed by atoms with Crippen LogP contribution in [0.2, 0.25) is 0 Å². The van der Waals surface area contributed by atoms with Gasteiger partial charge in [-0.1, -0.05) is 149 Å². The van der Waals surface area contributed by atoms with Gasteiger partial charge in [-0.05, 0) is 26.2 Å². The Labute approximate surface area is 225 Å². The molecule has 36 heavy (non-hydrogen) atoms. The Morgan fingerprint density at radius 2 is 0.889 bits per heavy atom. The zero-order chi connectivity index (χ0) is 27.1. The summed E-state index contributed by atoms with van der Waals surface area (Å²) in [5.74, 6) is -0.739. The van der Waals surface area contributed by atoms with Crippen LogP contribution in [0.25, 0.3) is 0 Å². The second kappa shape index (κ2) is 32.0. The minimum Gasteiger partial charge on any atom is -0.481 e. The zero-order valence-electron chi connectivity index (χ0n) is 24.9. The first-order valence-corrected chi connectivity index (χ1v) is 15.9. The lowest BCUT2D eigenvalue weighted by atomic mass is 9.95. The van der Waals surface area contributed by atoms with Crippen LogP contribution in [0.4, 0.5) is 0 Å². The van der Waals surface area contributed by atoms with Crippen LogP contribution in [0.5, 0.6) is 0 Å². The molecule has 0 heterocycles. The lowest BCUT2D eigenvalue weighted by Gasteiger charge is -2.11. The van der Waals surface area contributed by atoms with Crippen molar-refractivity contribution in [3.05, 3.63) is 0 Å². The second-order valence-electron chi connectivity index (χ2n) is 10.5. The number of aliphatic carboxylic acids is 1. The molecule has 1 N–H and O–H groups in total. The molecule has 0 aliphatic heterocycles. The molecular formula is C32H64O4. The van der Waals surface area contributed by atoms with Gasteiger partial charge < -0.3 is 9.84 Å². The van der Waals surface area contributed by atoms with Gasteiger partial charge in [0.1, 0.15) is 0 Å². The van der Waals surface area contributed by atoms with Crippen molar-refractivity contribution in [3.8, 4) is 0 Å². The maximum Gasteiger partial charge on any atom is 0.306 e. The van der Waals surface area contributed by atoms with E-state index in [1.807, 2.05) is 6.92 Å². The largest absolute Gasteiger partial charge is 0.481 e. The van der Waals surface area contributed by atoms with Gasteiger partial charge in [-0.3, -0.25) is 9.59 Å². The molecule has 0 aromatic heterocycles. The van der Waals surface area contributed by atoms with Gasteiger partial charge in [-0.2, -0.15) is 0 Å². The van der Waals surface area contributed by atoms with Gasteiger partial charge >= 0.3 is 11.9 Å². The summed E-state index contributed by atoms with van der Waals surface area (Å²) in [4.78, 5) is 21.9. The van der Waals surface area contributed by atoms with E-state index in [0.717, 1.165) is 51.4 Å². The summed E-state index contributed by atoms with van der Waals surface area (Å²) in [6.07, 6.45) is 29.7. The Bertz CT molecular complexity index is 449. The van der Waals surface area contributed by atoms with Crippen LogP contribution in [0.1, 0.15) is 182 Å². The van der Waals surface area contributed by atoms with E-state index < -0.39 is 5.97 Å². The maximum absolute atomic E-state index is 11.2. The predicted octanol–water partition coefficient (Wildman–Crippen LogP) is 10.7. The molecular weight excluding hydrogens is 448 g/mol. The third kappa shape index (κ3) is 31.0. The molecule has 0 radical (unpaired) electrons. The van der Waals surface area contributed by atoms with Gasteiger partial charge in [0.2, 0.25) is 0 Å². The molecule has 216 valence electrons. The summed E-state index contributed by atoms with van der Waals surface area (Å²) in [6, 6.07) is 0. The van der Waals surface area contributed by atoms with Crippen molar-refractivity contribution in [2.45, 2.75) is 182 Å². The molecule has 0 fully saturated rings. The summed E-state index contributed by atoms with van der Waals surface area (Å²) >= 11 is 0. The van der Waals surface area contributed by atoms with Crippen molar-refractivity contribution in [2.75, 3.05) is 6.61 Å². The number of unbranched alkanes of at least 4 members (excludes halogenated alkanes) is 18. The van der Waals surface area contributed by atoms with Crippen molar-refractivity contribution in [3.63, 3.8) is 0 Å². The van der Waals surface area contributed by atoms with Gasteiger partial charge in [-0.15, -0.1) is 0 Å². The molecule has 0 rings (SSSR count). The molecule has 1 atom stereocenters. The third-order valence-electron chi connectivity index (χ3n) is 6.95. The van der Waals surface area contributed by atoms with Crippen LogP contribution < -0.4 is 0 Å². The highest BCUT2D eigenvalue weighted by Gasteiger charge is 2.15. The van der Waals surface area contributed by atoms with E-state index >= 15 is 0 Å². The Balaban J connectivity index is 0. The first kappa shape index (κ1) is 37.1. The standard InChI is InChI=1S/C24H48O2.C8H16O2/c1-3-5-7-8-9-10-11-12-13-14-15-16-17-18-19-20-22-23(24(25)26)21-6-4-2;1-3-5-6-7-8(9)10-4-2/h23H,3-22H2,1-2H3,(H,25,26);3-7H2,1-2H3. The van der Waals surface area contributed by atoms with Crippen LogP contribution in [0, 0.1) is 5.92 Å².